The van der Waals surface area contributed by atoms with Crippen molar-refractivity contribution in [3.05, 3.63) is 42.0 Å². The first-order chi connectivity index (χ1) is 8.83. The van der Waals surface area contributed by atoms with Crippen LogP contribution in [0.15, 0.2) is 36.4 Å². The molecule has 0 aliphatic heterocycles. The fourth-order valence-corrected chi connectivity index (χ4v) is 1.92. The monoisotopic (exact) mass is 244 g/mol. The molecule has 98 valence electrons. The first kappa shape index (κ1) is 14.7. The summed E-state index contributed by atoms with van der Waals surface area (Å²) in [7, 11) is 0. The maximum atomic E-state index is 11.6. The number of rotatable bonds is 9. The highest BCUT2D eigenvalue weighted by molar-refractivity contribution is 5.93. The number of hydrogen-bond donors (Lipinski definition) is 0. The molecule has 1 rings (SSSR count). The molecular formula is C17H24O. The molecule has 1 nitrogen and oxygen atoms in total. The number of unbranched alkanes of at least 4 members (excludes halogenated alkanes) is 5. The van der Waals surface area contributed by atoms with E-state index in [1.807, 2.05) is 36.4 Å². The van der Waals surface area contributed by atoms with Crippen molar-refractivity contribution in [2.24, 2.45) is 0 Å². The van der Waals surface area contributed by atoms with Gasteiger partial charge >= 0.3 is 0 Å². The molecule has 0 radical (unpaired) electrons. The minimum Gasteiger partial charge on any atom is -0.295 e. The number of allylic oxidation sites excluding steroid dienone is 1. The van der Waals surface area contributed by atoms with Crippen molar-refractivity contribution in [1.82, 2.24) is 0 Å². The number of carbonyl (C=O) groups excluding carboxylic acids is 1. The van der Waals surface area contributed by atoms with Crippen LogP contribution in [0.2, 0.25) is 0 Å². The van der Waals surface area contributed by atoms with Crippen molar-refractivity contribution in [2.75, 3.05) is 0 Å². The molecule has 0 aliphatic carbocycles. The minimum absolute atomic E-state index is 0.245. The Bertz CT molecular complexity index is 351. The lowest BCUT2D eigenvalue weighted by molar-refractivity contribution is -0.114. The molecule has 0 unspecified atom stereocenters. The number of carbonyl (C=O) groups is 1. The van der Waals surface area contributed by atoms with Gasteiger partial charge in [-0.1, -0.05) is 75.4 Å². The third kappa shape index (κ3) is 7.05. The van der Waals surface area contributed by atoms with E-state index in [1.165, 1.54) is 32.1 Å². The fraction of sp³-hybridized carbons (Fsp3) is 0.471. The van der Waals surface area contributed by atoms with E-state index in [0.29, 0.717) is 6.42 Å². The van der Waals surface area contributed by atoms with Gasteiger partial charge in [-0.25, -0.2) is 0 Å². The van der Waals surface area contributed by atoms with Gasteiger partial charge in [-0.3, -0.25) is 4.79 Å². The van der Waals surface area contributed by atoms with Crippen LogP contribution in [0.4, 0.5) is 0 Å². The first-order valence-corrected chi connectivity index (χ1v) is 7.09. The Morgan fingerprint density at radius 2 is 1.67 bits per heavy atom. The molecular weight excluding hydrogens is 220 g/mol. The Morgan fingerprint density at radius 1 is 1.00 bits per heavy atom. The van der Waals surface area contributed by atoms with E-state index >= 15 is 0 Å². The van der Waals surface area contributed by atoms with E-state index in [9.17, 15) is 4.79 Å². The second-order valence-corrected chi connectivity index (χ2v) is 4.73. The van der Waals surface area contributed by atoms with E-state index in [1.54, 1.807) is 6.08 Å². The predicted molar refractivity (Wildman–Crippen MR) is 78.5 cm³/mol. The molecule has 0 aliphatic rings. The van der Waals surface area contributed by atoms with Gasteiger partial charge in [0.05, 0.1) is 0 Å². The summed E-state index contributed by atoms with van der Waals surface area (Å²) in [6.07, 6.45) is 11.7. The molecule has 0 amide bonds. The van der Waals surface area contributed by atoms with Gasteiger partial charge in [0.2, 0.25) is 0 Å². The molecule has 1 aromatic carbocycles. The van der Waals surface area contributed by atoms with E-state index in [4.69, 9.17) is 0 Å². The van der Waals surface area contributed by atoms with Crippen LogP contribution in [0.25, 0.3) is 6.08 Å². The van der Waals surface area contributed by atoms with Crippen LogP contribution in [0.1, 0.15) is 57.4 Å². The zero-order valence-electron chi connectivity index (χ0n) is 11.4. The van der Waals surface area contributed by atoms with Crippen molar-refractivity contribution in [1.29, 1.82) is 0 Å². The molecule has 0 bridgehead atoms. The lowest BCUT2D eigenvalue weighted by Crippen LogP contribution is -1.92. The first-order valence-electron chi connectivity index (χ1n) is 7.09. The summed E-state index contributed by atoms with van der Waals surface area (Å²) < 4.78 is 0. The average Bonchev–Trinajstić information content (AvgIpc) is 2.41. The topological polar surface area (TPSA) is 17.1 Å². The van der Waals surface area contributed by atoms with Crippen LogP contribution in [0.5, 0.6) is 0 Å². The minimum atomic E-state index is 0.245. The van der Waals surface area contributed by atoms with Crippen molar-refractivity contribution in [3.8, 4) is 0 Å². The molecule has 18 heavy (non-hydrogen) atoms. The molecule has 0 atom stereocenters. The Kier molecular flexibility index (Phi) is 7.87. The Hall–Kier alpha value is -1.37. The maximum absolute atomic E-state index is 11.6. The van der Waals surface area contributed by atoms with E-state index in [-0.39, 0.29) is 5.78 Å². The molecule has 1 heteroatoms. The standard InChI is InChI=1S/C17H24O/c1-2-3-4-5-6-10-13-17(18)15-14-16-11-8-7-9-12-16/h7-9,11-12,14-15H,2-6,10,13H2,1H3. The van der Waals surface area contributed by atoms with Crippen LogP contribution < -0.4 is 0 Å². The van der Waals surface area contributed by atoms with Crippen molar-refractivity contribution in [2.45, 2.75) is 51.9 Å². The lowest BCUT2D eigenvalue weighted by atomic mass is 10.1. The molecule has 0 aromatic heterocycles. The molecule has 0 fully saturated rings. The summed E-state index contributed by atoms with van der Waals surface area (Å²) in [5, 5.41) is 0. The van der Waals surface area contributed by atoms with Crippen LogP contribution in [-0.4, -0.2) is 5.78 Å². The highest BCUT2D eigenvalue weighted by Gasteiger charge is 1.97. The van der Waals surface area contributed by atoms with Crippen LogP contribution in [0, 0.1) is 0 Å². The quantitative estimate of drug-likeness (QED) is 0.440. The second kappa shape index (κ2) is 9.64. The van der Waals surface area contributed by atoms with Gasteiger partial charge in [-0.15, -0.1) is 0 Å². The summed E-state index contributed by atoms with van der Waals surface area (Å²) in [5.74, 6) is 0.245. The van der Waals surface area contributed by atoms with Gasteiger partial charge in [-0.05, 0) is 18.1 Å². The normalized spacial score (nSPS) is 10.9. The molecule has 0 heterocycles. The highest BCUT2D eigenvalue weighted by Crippen LogP contribution is 2.08. The fourth-order valence-electron chi connectivity index (χ4n) is 1.92. The van der Waals surface area contributed by atoms with Crippen LogP contribution in [0.3, 0.4) is 0 Å². The van der Waals surface area contributed by atoms with E-state index in [0.717, 1.165) is 12.0 Å². The Balaban J connectivity index is 2.12. The summed E-state index contributed by atoms with van der Waals surface area (Å²) in [4.78, 5) is 11.6. The van der Waals surface area contributed by atoms with Gasteiger partial charge in [0, 0.05) is 6.42 Å². The number of hydrogen-bond acceptors (Lipinski definition) is 1. The zero-order chi connectivity index (χ0) is 13.1. The Morgan fingerprint density at radius 3 is 2.39 bits per heavy atom. The van der Waals surface area contributed by atoms with E-state index in [2.05, 4.69) is 6.92 Å². The van der Waals surface area contributed by atoms with Crippen LogP contribution >= 0.6 is 0 Å². The van der Waals surface area contributed by atoms with Crippen molar-refractivity contribution >= 4 is 11.9 Å². The van der Waals surface area contributed by atoms with E-state index < -0.39 is 0 Å². The lowest BCUT2D eigenvalue weighted by Gasteiger charge is -1.98. The van der Waals surface area contributed by atoms with Crippen LogP contribution in [-0.2, 0) is 4.79 Å². The predicted octanol–water partition coefficient (Wildman–Crippen LogP) is 5.02. The molecule has 1 aromatic rings. The molecule has 0 N–H and O–H groups in total. The smallest absolute Gasteiger partial charge is 0.155 e. The average molecular weight is 244 g/mol. The third-order valence-electron chi connectivity index (χ3n) is 3.04. The van der Waals surface area contributed by atoms with Gasteiger partial charge in [0.15, 0.2) is 5.78 Å². The summed E-state index contributed by atoms with van der Waals surface area (Å²) in [5.41, 5.74) is 1.09. The molecule has 0 spiro atoms. The van der Waals surface area contributed by atoms with Gasteiger partial charge < -0.3 is 0 Å². The van der Waals surface area contributed by atoms with Gasteiger partial charge in [0.25, 0.3) is 0 Å². The van der Waals surface area contributed by atoms with Gasteiger partial charge in [-0.2, -0.15) is 0 Å². The summed E-state index contributed by atoms with van der Waals surface area (Å²) in [6, 6.07) is 9.97. The molecule has 0 saturated heterocycles. The largest absolute Gasteiger partial charge is 0.295 e. The highest BCUT2D eigenvalue weighted by atomic mass is 16.1. The molecule has 0 saturated carbocycles. The number of benzene rings is 1. The van der Waals surface area contributed by atoms with Gasteiger partial charge in [0.1, 0.15) is 0 Å². The summed E-state index contributed by atoms with van der Waals surface area (Å²) >= 11 is 0. The van der Waals surface area contributed by atoms with Crippen molar-refractivity contribution < 1.29 is 4.79 Å². The number of ketones is 1. The third-order valence-corrected chi connectivity index (χ3v) is 3.04. The zero-order valence-corrected chi connectivity index (χ0v) is 11.4. The Labute approximate surface area is 111 Å². The summed E-state index contributed by atoms with van der Waals surface area (Å²) in [6.45, 7) is 2.22. The second-order valence-electron chi connectivity index (χ2n) is 4.73. The SMILES string of the molecule is CCCCCCCCC(=O)C=Cc1ccccc1. The van der Waals surface area contributed by atoms with Crippen molar-refractivity contribution in [3.63, 3.8) is 0 Å². The maximum Gasteiger partial charge on any atom is 0.155 e.